The lowest BCUT2D eigenvalue weighted by atomic mass is 10.0. The van der Waals surface area contributed by atoms with Crippen molar-refractivity contribution in [2.75, 3.05) is 17.6 Å². The van der Waals surface area contributed by atoms with Crippen LogP contribution in [0.15, 0.2) is 65.7 Å². The predicted octanol–water partition coefficient (Wildman–Crippen LogP) is 3.90. The Kier molecular flexibility index (Phi) is 3.71. The van der Waals surface area contributed by atoms with Crippen LogP contribution in [-0.4, -0.2) is 17.7 Å². The summed E-state index contributed by atoms with van der Waals surface area (Å²) in [7, 11) is 0. The average Bonchev–Trinajstić information content (AvgIpc) is 3.14. The molecule has 0 saturated heterocycles. The van der Waals surface area contributed by atoms with Gasteiger partial charge in [-0.15, -0.1) is 0 Å². The van der Waals surface area contributed by atoms with Crippen molar-refractivity contribution in [2.24, 2.45) is 4.99 Å². The topological polar surface area (TPSA) is 63.3 Å². The van der Waals surface area contributed by atoms with Gasteiger partial charge < -0.3 is 11.1 Å². The molecule has 0 radical (unpaired) electrons. The van der Waals surface area contributed by atoms with Gasteiger partial charge in [0.25, 0.3) is 0 Å². The third-order valence-electron chi connectivity index (χ3n) is 4.17. The lowest BCUT2D eigenvalue weighted by Gasteiger charge is -2.12. The molecule has 1 aromatic heterocycles. The van der Waals surface area contributed by atoms with E-state index in [4.69, 9.17) is 5.73 Å². The third kappa shape index (κ3) is 2.86. The van der Waals surface area contributed by atoms with Crippen molar-refractivity contribution in [1.82, 2.24) is 4.98 Å². The maximum Gasteiger partial charge on any atom is 0.126 e. The van der Waals surface area contributed by atoms with Crippen LogP contribution in [0.25, 0.3) is 16.5 Å². The molecule has 118 valence electrons. The Balaban J connectivity index is 1.67. The lowest BCUT2D eigenvalue weighted by Crippen LogP contribution is -2.02. The minimum absolute atomic E-state index is 0.520. The Labute approximate surface area is 140 Å². The highest BCUT2D eigenvalue weighted by molar-refractivity contribution is 5.96. The number of aliphatic imine (C=N–C) groups is 1. The highest BCUT2D eigenvalue weighted by Crippen LogP contribution is 2.28. The molecule has 1 aliphatic rings. The molecule has 4 nitrogen and oxygen atoms in total. The molecule has 0 spiro atoms. The van der Waals surface area contributed by atoms with Crippen LogP contribution in [-0.2, 0) is 6.54 Å². The first-order chi connectivity index (χ1) is 11.8. The minimum Gasteiger partial charge on any atom is -0.384 e. The number of rotatable bonds is 4. The third-order valence-corrected chi connectivity index (χ3v) is 4.17. The van der Waals surface area contributed by atoms with Crippen LogP contribution in [0, 0.1) is 0 Å². The number of anilines is 2. The number of fused-ring (bicyclic) bond motifs is 1. The quantitative estimate of drug-likeness (QED) is 0.768. The zero-order valence-electron chi connectivity index (χ0n) is 13.2. The van der Waals surface area contributed by atoms with E-state index in [-0.39, 0.29) is 0 Å². The summed E-state index contributed by atoms with van der Waals surface area (Å²) in [6, 6.07) is 18.5. The second-order valence-corrected chi connectivity index (χ2v) is 5.85. The Morgan fingerprint density at radius 3 is 2.71 bits per heavy atom. The number of nitrogens with zero attached hydrogens (tertiary/aromatic N) is 2. The Hall–Kier alpha value is -3.14. The Morgan fingerprint density at radius 2 is 1.92 bits per heavy atom. The molecule has 1 aliphatic heterocycles. The predicted molar refractivity (Wildman–Crippen MR) is 101 cm³/mol. The fourth-order valence-corrected chi connectivity index (χ4v) is 2.92. The second kappa shape index (κ2) is 6.16. The van der Waals surface area contributed by atoms with Crippen molar-refractivity contribution >= 4 is 34.2 Å². The van der Waals surface area contributed by atoms with Crippen LogP contribution in [0.5, 0.6) is 0 Å². The molecule has 0 unspecified atom stereocenters. The zero-order valence-corrected chi connectivity index (χ0v) is 13.2. The number of benzene rings is 2. The van der Waals surface area contributed by atoms with Crippen molar-refractivity contribution in [2.45, 2.75) is 6.54 Å². The number of allylic oxidation sites excluding steroid dienone is 1. The molecule has 0 saturated carbocycles. The summed E-state index contributed by atoms with van der Waals surface area (Å²) < 4.78 is 0. The molecule has 2 heterocycles. The van der Waals surface area contributed by atoms with Crippen molar-refractivity contribution in [3.8, 4) is 0 Å². The molecule has 0 fully saturated rings. The lowest BCUT2D eigenvalue weighted by molar-refractivity contribution is 1.15. The van der Waals surface area contributed by atoms with E-state index in [9.17, 15) is 0 Å². The van der Waals surface area contributed by atoms with Gasteiger partial charge >= 0.3 is 0 Å². The van der Waals surface area contributed by atoms with Crippen LogP contribution in [0.3, 0.4) is 0 Å². The highest BCUT2D eigenvalue weighted by Gasteiger charge is 2.09. The van der Waals surface area contributed by atoms with E-state index >= 15 is 0 Å². The van der Waals surface area contributed by atoms with Gasteiger partial charge in [0.2, 0.25) is 0 Å². The van der Waals surface area contributed by atoms with E-state index in [1.165, 1.54) is 11.1 Å². The average molecular weight is 314 g/mol. The zero-order chi connectivity index (χ0) is 16.4. The smallest absolute Gasteiger partial charge is 0.126 e. The van der Waals surface area contributed by atoms with Gasteiger partial charge in [-0.05, 0) is 28.8 Å². The van der Waals surface area contributed by atoms with Crippen molar-refractivity contribution in [3.05, 3.63) is 71.8 Å². The van der Waals surface area contributed by atoms with Gasteiger partial charge in [0.05, 0.1) is 12.1 Å². The number of hydrogen-bond acceptors (Lipinski definition) is 4. The highest BCUT2D eigenvalue weighted by atomic mass is 14.9. The fourth-order valence-electron chi connectivity index (χ4n) is 2.92. The second-order valence-electron chi connectivity index (χ2n) is 5.85. The Morgan fingerprint density at radius 1 is 1.04 bits per heavy atom. The van der Waals surface area contributed by atoms with Gasteiger partial charge in [0.15, 0.2) is 0 Å². The molecule has 4 rings (SSSR count). The molecule has 3 N–H and O–H groups in total. The number of pyridine rings is 1. The van der Waals surface area contributed by atoms with Gasteiger partial charge in [0.1, 0.15) is 5.82 Å². The van der Waals surface area contributed by atoms with Gasteiger partial charge in [-0.3, -0.25) is 4.99 Å². The summed E-state index contributed by atoms with van der Waals surface area (Å²) in [5, 5.41) is 4.55. The molecule has 0 bridgehead atoms. The first-order valence-corrected chi connectivity index (χ1v) is 7.97. The van der Waals surface area contributed by atoms with E-state index in [1.54, 1.807) is 0 Å². The molecule has 3 aromatic rings. The van der Waals surface area contributed by atoms with Crippen molar-refractivity contribution in [1.29, 1.82) is 0 Å². The molecular formula is C20H18N4. The van der Waals surface area contributed by atoms with Crippen LogP contribution >= 0.6 is 0 Å². The van der Waals surface area contributed by atoms with Gasteiger partial charge in [-0.2, -0.15) is 0 Å². The molecule has 0 amide bonds. The maximum atomic E-state index is 6.01. The summed E-state index contributed by atoms with van der Waals surface area (Å²) in [6.07, 6.45) is 3.89. The number of nitrogens with two attached hydrogens (primary N) is 1. The van der Waals surface area contributed by atoms with Crippen LogP contribution in [0.2, 0.25) is 0 Å². The summed E-state index contributed by atoms with van der Waals surface area (Å²) in [6.45, 7) is 1.48. The first kappa shape index (κ1) is 14.5. The largest absolute Gasteiger partial charge is 0.384 e. The fraction of sp³-hybridized carbons (Fsp3) is 0.100. The van der Waals surface area contributed by atoms with Crippen LogP contribution in [0.4, 0.5) is 11.5 Å². The normalized spacial score (nSPS) is 13.2. The van der Waals surface area contributed by atoms with Crippen LogP contribution in [0.1, 0.15) is 11.1 Å². The van der Waals surface area contributed by atoms with Gasteiger partial charge in [0, 0.05) is 29.9 Å². The van der Waals surface area contributed by atoms with E-state index in [1.807, 2.05) is 36.6 Å². The van der Waals surface area contributed by atoms with Gasteiger partial charge in [-0.25, -0.2) is 4.98 Å². The molecule has 0 aliphatic carbocycles. The number of hydrogen-bond donors (Lipinski definition) is 2. The van der Waals surface area contributed by atoms with E-state index in [0.29, 0.717) is 5.82 Å². The molecule has 2 aromatic carbocycles. The summed E-state index contributed by atoms with van der Waals surface area (Å²) in [5.41, 5.74) is 11.5. The monoisotopic (exact) mass is 314 g/mol. The standard InChI is InChI=1S/C20H18N4/c21-20-11-18(23-12-14-4-2-1-3-5-14)17-7-6-15(10-19(17)24-20)16-8-9-22-13-16/h1-11H,12-13H2,(H3,21,23,24). The van der Waals surface area contributed by atoms with Crippen LogP contribution < -0.4 is 11.1 Å². The molecule has 0 atom stereocenters. The van der Waals surface area contributed by atoms with Crippen molar-refractivity contribution in [3.63, 3.8) is 0 Å². The maximum absolute atomic E-state index is 6.01. The van der Waals surface area contributed by atoms with E-state index in [0.717, 1.165) is 35.2 Å². The molecule has 4 heteroatoms. The SMILES string of the molecule is Nc1cc(NCc2ccccc2)c2ccc(C3=CC=NC3)cc2n1. The first-order valence-electron chi connectivity index (χ1n) is 7.97. The van der Waals surface area contributed by atoms with E-state index < -0.39 is 0 Å². The minimum atomic E-state index is 0.520. The van der Waals surface area contributed by atoms with E-state index in [2.05, 4.69) is 45.6 Å². The molecule has 24 heavy (non-hydrogen) atoms. The summed E-state index contributed by atoms with van der Waals surface area (Å²) in [4.78, 5) is 8.74. The molecular weight excluding hydrogens is 296 g/mol. The summed E-state index contributed by atoms with van der Waals surface area (Å²) in [5.74, 6) is 0.520. The number of aromatic nitrogens is 1. The number of nitrogens with one attached hydrogen (secondary N) is 1. The van der Waals surface area contributed by atoms with Crippen molar-refractivity contribution < 1.29 is 0 Å². The summed E-state index contributed by atoms with van der Waals surface area (Å²) >= 11 is 0. The Bertz CT molecular complexity index is 943. The number of nitrogen functional groups attached to an aromatic ring is 1. The van der Waals surface area contributed by atoms with Gasteiger partial charge in [-0.1, -0.05) is 42.5 Å².